The number of hydrogen-bond acceptors (Lipinski definition) is 3. The van der Waals surface area contributed by atoms with Gasteiger partial charge in [-0.3, -0.25) is 0 Å². The minimum absolute atomic E-state index is 0. The van der Waals surface area contributed by atoms with Crippen LogP contribution in [0.3, 0.4) is 0 Å². The predicted octanol–water partition coefficient (Wildman–Crippen LogP) is 8.11. The summed E-state index contributed by atoms with van der Waals surface area (Å²) in [6.45, 7) is 2.63. The lowest BCUT2D eigenvalue weighted by Gasteiger charge is -2.36. The highest BCUT2D eigenvalue weighted by molar-refractivity contribution is 5.89. The minimum atomic E-state index is -1.21. The SMILES string of the molecule is C[C@@H](CCCC1CN(c2cc(F)cc(C(=O)O)c2)c2ccc(F)cc2O1)c1cccc2ccccc12.Cl. The lowest BCUT2D eigenvalue weighted by molar-refractivity contribution is 0.0696. The highest BCUT2D eigenvalue weighted by atomic mass is 35.5. The summed E-state index contributed by atoms with van der Waals surface area (Å²) in [5.41, 5.74) is 2.16. The number of ether oxygens (including phenoxy) is 1. The van der Waals surface area contributed by atoms with E-state index in [2.05, 4.69) is 43.3 Å². The molecule has 7 heteroatoms. The predicted molar refractivity (Wildman–Crippen MR) is 145 cm³/mol. The van der Waals surface area contributed by atoms with Crippen LogP contribution in [0, 0.1) is 11.6 Å². The fraction of sp³-hybridized carbons (Fsp3) is 0.233. The van der Waals surface area contributed by atoms with Gasteiger partial charge in [0.1, 0.15) is 23.5 Å². The highest BCUT2D eigenvalue weighted by Gasteiger charge is 2.28. The minimum Gasteiger partial charge on any atom is -0.486 e. The average molecular weight is 524 g/mol. The number of rotatable bonds is 7. The van der Waals surface area contributed by atoms with Crippen LogP contribution in [0.25, 0.3) is 10.8 Å². The van der Waals surface area contributed by atoms with Gasteiger partial charge in [-0.1, -0.05) is 49.4 Å². The molecule has 4 aromatic rings. The molecule has 1 unspecified atom stereocenters. The van der Waals surface area contributed by atoms with Crippen LogP contribution in [-0.2, 0) is 0 Å². The number of halogens is 3. The molecule has 0 aliphatic carbocycles. The third-order valence-corrected chi connectivity index (χ3v) is 6.85. The number of carbonyl (C=O) groups is 1. The Balaban J connectivity index is 0.00000320. The van der Waals surface area contributed by atoms with Crippen molar-refractivity contribution in [3.63, 3.8) is 0 Å². The van der Waals surface area contributed by atoms with E-state index in [0.29, 0.717) is 29.6 Å². The van der Waals surface area contributed by atoms with Crippen LogP contribution in [0.1, 0.15) is 48.0 Å². The number of anilines is 2. The van der Waals surface area contributed by atoms with Crippen LogP contribution < -0.4 is 9.64 Å². The van der Waals surface area contributed by atoms with E-state index in [1.807, 2.05) is 11.0 Å². The van der Waals surface area contributed by atoms with Gasteiger partial charge in [-0.25, -0.2) is 13.6 Å². The Morgan fingerprint density at radius 2 is 1.81 bits per heavy atom. The molecule has 37 heavy (non-hydrogen) atoms. The van der Waals surface area contributed by atoms with Crippen LogP contribution in [-0.4, -0.2) is 23.7 Å². The standard InChI is InChI=1S/C30H27F2NO3.ClH/c1-19(26-11-5-8-20-7-2-3-10-27(20)26)6-4-9-25-18-33(28-13-12-22(31)17-29(28)36-25)24-15-21(30(34)35)14-23(32)16-24;/h2-3,5,7-8,10-17,19,25H,4,6,9,18H2,1H3,(H,34,35);1H/t19-,25?;/m0./s1. The molecule has 2 atom stereocenters. The molecule has 192 valence electrons. The van der Waals surface area contributed by atoms with Crippen molar-refractivity contribution in [1.82, 2.24) is 0 Å². The Labute approximate surface area is 220 Å². The number of aromatic carboxylic acids is 1. The first kappa shape index (κ1) is 26.4. The van der Waals surface area contributed by atoms with Crippen LogP contribution in [0.4, 0.5) is 20.2 Å². The molecule has 0 fully saturated rings. The Hall–Kier alpha value is -3.64. The van der Waals surface area contributed by atoms with Crippen LogP contribution in [0.5, 0.6) is 5.75 Å². The number of hydrogen-bond donors (Lipinski definition) is 1. The van der Waals surface area contributed by atoms with E-state index < -0.39 is 17.6 Å². The van der Waals surface area contributed by atoms with E-state index in [1.54, 1.807) is 6.07 Å². The Morgan fingerprint density at radius 1 is 1.03 bits per heavy atom. The normalized spacial score (nSPS) is 15.4. The van der Waals surface area contributed by atoms with E-state index >= 15 is 0 Å². The van der Waals surface area contributed by atoms with Gasteiger partial charge < -0.3 is 14.7 Å². The summed E-state index contributed by atoms with van der Waals surface area (Å²) in [6, 6.07) is 22.7. The first-order chi connectivity index (χ1) is 17.4. The van der Waals surface area contributed by atoms with Gasteiger partial charge in [0.2, 0.25) is 0 Å². The second-order valence-corrected chi connectivity index (χ2v) is 9.37. The molecule has 4 aromatic carbocycles. The number of benzene rings is 4. The average Bonchev–Trinajstić information content (AvgIpc) is 2.87. The van der Waals surface area contributed by atoms with Crippen molar-refractivity contribution in [3.05, 3.63) is 102 Å². The molecule has 5 rings (SSSR count). The summed E-state index contributed by atoms with van der Waals surface area (Å²) < 4.78 is 34.4. The first-order valence-electron chi connectivity index (χ1n) is 12.1. The molecule has 1 N–H and O–H groups in total. The Bertz CT molecular complexity index is 1420. The second-order valence-electron chi connectivity index (χ2n) is 9.37. The lowest BCUT2D eigenvalue weighted by Crippen LogP contribution is -2.37. The van der Waals surface area contributed by atoms with Gasteiger partial charge in [-0.2, -0.15) is 0 Å². The van der Waals surface area contributed by atoms with Crippen LogP contribution >= 0.6 is 12.4 Å². The summed E-state index contributed by atoms with van der Waals surface area (Å²) in [6.07, 6.45) is 2.31. The molecule has 0 saturated heterocycles. The van der Waals surface area contributed by atoms with Crippen LogP contribution in [0.15, 0.2) is 78.9 Å². The van der Waals surface area contributed by atoms with Gasteiger partial charge in [0.15, 0.2) is 0 Å². The summed E-state index contributed by atoms with van der Waals surface area (Å²) in [7, 11) is 0. The third kappa shape index (κ3) is 5.70. The number of carboxylic acids is 1. The van der Waals surface area contributed by atoms with Gasteiger partial charge in [0, 0.05) is 11.8 Å². The number of nitrogens with zero attached hydrogens (tertiary/aromatic N) is 1. The summed E-state index contributed by atoms with van der Waals surface area (Å²) >= 11 is 0. The molecule has 4 nitrogen and oxygen atoms in total. The largest absolute Gasteiger partial charge is 0.486 e. The molecule has 1 heterocycles. The zero-order valence-electron chi connectivity index (χ0n) is 20.4. The first-order valence-corrected chi connectivity index (χ1v) is 12.1. The van der Waals surface area contributed by atoms with E-state index in [9.17, 15) is 18.7 Å². The van der Waals surface area contributed by atoms with Crippen molar-refractivity contribution in [1.29, 1.82) is 0 Å². The fourth-order valence-electron chi connectivity index (χ4n) is 5.06. The van der Waals surface area contributed by atoms with Gasteiger partial charge in [-0.05, 0) is 71.8 Å². The van der Waals surface area contributed by atoms with Crippen molar-refractivity contribution >= 4 is 40.5 Å². The van der Waals surface area contributed by atoms with E-state index in [4.69, 9.17) is 4.74 Å². The smallest absolute Gasteiger partial charge is 0.335 e. The van der Waals surface area contributed by atoms with E-state index in [0.717, 1.165) is 25.3 Å². The zero-order chi connectivity index (χ0) is 25.2. The topological polar surface area (TPSA) is 49.8 Å². The quantitative estimate of drug-likeness (QED) is 0.266. The number of fused-ring (bicyclic) bond motifs is 2. The van der Waals surface area contributed by atoms with Crippen LogP contribution in [0.2, 0.25) is 0 Å². The summed E-state index contributed by atoms with van der Waals surface area (Å²) in [5, 5.41) is 11.9. The van der Waals surface area contributed by atoms with Crippen molar-refractivity contribution in [2.45, 2.75) is 38.2 Å². The maximum Gasteiger partial charge on any atom is 0.335 e. The fourth-order valence-corrected chi connectivity index (χ4v) is 5.06. The van der Waals surface area contributed by atoms with Crippen molar-refractivity contribution in [2.24, 2.45) is 0 Å². The maximum absolute atomic E-state index is 14.3. The molecule has 0 spiro atoms. The summed E-state index contributed by atoms with van der Waals surface area (Å²) in [5.74, 6) is -1.55. The maximum atomic E-state index is 14.3. The molecule has 0 bridgehead atoms. The monoisotopic (exact) mass is 523 g/mol. The molecule has 1 aliphatic heterocycles. The van der Waals surface area contributed by atoms with Crippen molar-refractivity contribution in [3.8, 4) is 5.75 Å². The Kier molecular flexibility index (Phi) is 7.98. The van der Waals surface area contributed by atoms with Gasteiger partial charge in [-0.15, -0.1) is 12.4 Å². The third-order valence-electron chi connectivity index (χ3n) is 6.85. The van der Waals surface area contributed by atoms with Gasteiger partial charge in [0.25, 0.3) is 0 Å². The molecule has 0 amide bonds. The van der Waals surface area contributed by atoms with Crippen molar-refractivity contribution in [2.75, 3.05) is 11.4 Å². The number of carboxylic acid groups (broad SMARTS) is 1. The second kappa shape index (κ2) is 11.2. The molecule has 0 saturated carbocycles. The Morgan fingerprint density at radius 3 is 2.62 bits per heavy atom. The van der Waals surface area contributed by atoms with Gasteiger partial charge in [0.05, 0.1) is 17.8 Å². The van der Waals surface area contributed by atoms with Gasteiger partial charge >= 0.3 is 5.97 Å². The highest BCUT2D eigenvalue weighted by Crippen LogP contribution is 2.40. The molecule has 0 radical (unpaired) electrons. The molecule has 1 aliphatic rings. The zero-order valence-corrected chi connectivity index (χ0v) is 21.2. The molecule has 0 aromatic heterocycles. The summed E-state index contributed by atoms with van der Waals surface area (Å²) in [4.78, 5) is 13.3. The van der Waals surface area contributed by atoms with E-state index in [1.165, 1.54) is 40.6 Å². The molecular formula is C30H28ClF2NO3. The molecular weight excluding hydrogens is 496 g/mol. The van der Waals surface area contributed by atoms with Crippen molar-refractivity contribution < 1.29 is 23.4 Å². The van der Waals surface area contributed by atoms with E-state index in [-0.39, 0.29) is 24.1 Å². The lowest BCUT2D eigenvalue weighted by atomic mass is 9.90.